The number of hydrogen-bond acceptors (Lipinski definition) is 10. The maximum Gasteiger partial charge on any atom is 0.246 e. The zero-order chi connectivity index (χ0) is 62.4. The summed E-state index contributed by atoms with van der Waals surface area (Å²) in [7, 11) is 3.42. The summed E-state index contributed by atoms with van der Waals surface area (Å²) in [6.07, 6.45) is 16.3. The highest BCUT2D eigenvalue weighted by atomic mass is 16.2. The Hall–Kier alpha value is -7.04. The summed E-state index contributed by atoms with van der Waals surface area (Å²) in [4.78, 5) is 119. The molecular formula is C72H98N8O8. The molecule has 0 bridgehead atoms. The highest BCUT2D eigenvalue weighted by Gasteiger charge is 2.45. The maximum atomic E-state index is 14.9. The van der Waals surface area contributed by atoms with Crippen LogP contribution in [-0.2, 0) is 38.4 Å². The van der Waals surface area contributed by atoms with E-state index in [9.17, 15) is 38.4 Å². The van der Waals surface area contributed by atoms with Gasteiger partial charge in [0, 0.05) is 37.8 Å². The van der Waals surface area contributed by atoms with Crippen LogP contribution in [0.25, 0.3) is 0 Å². The molecule has 0 spiro atoms. The number of hydrogen-bond donors (Lipinski definition) is 6. The van der Waals surface area contributed by atoms with Gasteiger partial charge in [-0.05, 0) is 126 Å². The molecule has 6 amide bonds. The summed E-state index contributed by atoms with van der Waals surface area (Å²) in [5, 5.41) is 18.6. The van der Waals surface area contributed by atoms with E-state index in [4.69, 9.17) is 0 Å². The Bertz CT molecular complexity index is 2610. The van der Waals surface area contributed by atoms with Gasteiger partial charge in [0.25, 0.3) is 0 Å². The van der Waals surface area contributed by atoms with Gasteiger partial charge in [-0.1, -0.05) is 186 Å². The van der Waals surface area contributed by atoms with E-state index < -0.39 is 60.2 Å². The number of likely N-dealkylation sites (N-methyl/N-ethyl adjacent to an activating group) is 2. The highest BCUT2D eigenvalue weighted by Crippen LogP contribution is 2.35. The van der Waals surface area contributed by atoms with Gasteiger partial charge in [-0.2, -0.15) is 0 Å². The molecule has 8 rings (SSSR count). The second-order valence-electron chi connectivity index (χ2n) is 25.3. The summed E-state index contributed by atoms with van der Waals surface area (Å²) in [6, 6.07) is 33.2. The lowest BCUT2D eigenvalue weighted by molar-refractivity contribution is -0.143. The van der Waals surface area contributed by atoms with Gasteiger partial charge in [0.05, 0.1) is 24.2 Å². The van der Waals surface area contributed by atoms with Crippen molar-refractivity contribution in [2.75, 3.05) is 27.2 Å². The molecule has 474 valence electrons. The standard InChI is InChI=1S/C72H98N8O8/c1-49(73-3)67(83)75-63(55-39-23-13-24-40-55)71(87)79-47-29-43-57(79)69(85)77-65(61(51-31-15-9-16-32-51)52-33-17-10-18-34-52)59(81)45-27-7-5-6-8-28-46-60(82)66(62(53-35-19-11-20-36-53)54-37-21-12-22-38-54)78-70(86)58-44-30-48-80(58)72(88)64(56-41-25-14-26-42-56)76-68(84)50(2)74-4/h9-12,15-22,31-38,49-50,55-58,61-66,73-74H,5-8,13-14,23-30,39-48H2,1-4H3,(H,75,83)(H,76,84)(H,77,85)(H,78,86)/t49-,50-,57-,58-,63-,64-,65+,66+/m0/s1. The largest absolute Gasteiger partial charge is 0.344 e. The Balaban J connectivity index is 0.921. The monoisotopic (exact) mass is 1200 g/mol. The number of nitrogens with one attached hydrogen (secondary N) is 6. The molecule has 2 aliphatic carbocycles. The van der Waals surface area contributed by atoms with Crippen molar-refractivity contribution in [1.29, 1.82) is 0 Å². The molecule has 2 heterocycles. The lowest BCUT2D eigenvalue weighted by Gasteiger charge is -2.36. The van der Waals surface area contributed by atoms with Crippen LogP contribution in [0.5, 0.6) is 0 Å². The second-order valence-corrected chi connectivity index (χ2v) is 25.3. The Morgan fingerprint density at radius 2 is 0.705 bits per heavy atom. The molecule has 16 nitrogen and oxygen atoms in total. The predicted molar refractivity (Wildman–Crippen MR) is 344 cm³/mol. The molecule has 4 aromatic carbocycles. The topological polar surface area (TPSA) is 215 Å². The molecule has 4 fully saturated rings. The van der Waals surface area contributed by atoms with Crippen molar-refractivity contribution in [3.05, 3.63) is 144 Å². The Kier molecular flexibility index (Phi) is 25.9. The number of nitrogens with zero attached hydrogens (tertiary/aromatic N) is 2. The summed E-state index contributed by atoms with van der Waals surface area (Å²) >= 11 is 0. The molecule has 8 atom stereocenters. The number of benzene rings is 4. The van der Waals surface area contributed by atoms with E-state index in [1.54, 1.807) is 37.7 Å². The molecule has 6 N–H and O–H groups in total. The van der Waals surface area contributed by atoms with Crippen LogP contribution in [0.2, 0.25) is 0 Å². The normalized spacial score (nSPS) is 19.5. The SMILES string of the molecule is CN[C@@H](C)C(=O)N[C@H](C(=O)N1CCC[C@H]1C(=O)N[C@H](C(=O)CCCCCCCCC(=O)[C@@H](NC(=O)[C@@H]1CCCN1C(=O)[C@@H](NC(=O)[C@H](C)NC)C1CCCCC1)C(c1ccccc1)c1ccccc1)C(c1ccccc1)c1ccccc1)C1CCCCC1. The van der Waals surface area contributed by atoms with Crippen molar-refractivity contribution in [2.45, 2.75) is 215 Å². The van der Waals surface area contributed by atoms with Crippen molar-refractivity contribution in [3.63, 3.8) is 0 Å². The van der Waals surface area contributed by atoms with Crippen LogP contribution in [-0.4, -0.2) is 132 Å². The zero-order valence-electron chi connectivity index (χ0n) is 52.6. The van der Waals surface area contributed by atoms with E-state index in [-0.39, 0.29) is 71.7 Å². The first-order valence-electron chi connectivity index (χ1n) is 33.2. The van der Waals surface area contributed by atoms with Gasteiger partial charge >= 0.3 is 0 Å². The highest BCUT2D eigenvalue weighted by molar-refractivity contribution is 5.98. The average Bonchev–Trinajstić information content (AvgIpc) is 4.40. The van der Waals surface area contributed by atoms with Crippen LogP contribution in [0, 0.1) is 11.8 Å². The van der Waals surface area contributed by atoms with Crippen LogP contribution >= 0.6 is 0 Å². The first-order valence-corrected chi connectivity index (χ1v) is 33.2. The van der Waals surface area contributed by atoms with E-state index in [2.05, 4.69) is 31.9 Å². The molecule has 4 aliphatic rings. The molecular weight excluding hydrogens is 1100 g/mol. The number of likely N-dealkylation sites (tertiary alicyclic amines) is 2. The lowest BCUT2D eigenvalue weighted by Crippen LogP contribution is -2.59. The predicted octanol–water partition coefficient (Wildman–Crippen LogP) is 9.21. The molecule has 4 aromatic rings. The lowest BCUT2D eigenvalue weighted by atomic mass is 9.81. The van der Waals surface area contributed by atoms with Crippen LogP contribution in [0.3, 0.4) is 0 Å². The van der Waals surface area contributed by atoms with Gasteiger partial charge < -0.3 is 41.7 Å². The first kappa shape index (κ1) is 66.9. The Morgan fingerprint density at radius 3 is 1.01 bits per heavy atom. The molecule has 88 heavy (non-hydrogen) atoms. The number of amides is 6. The third-order valence-electron chi connectivity index (χ3n) is 19.4. The minimum absolute atomic E-state index is 0.0322. The number of unbranched alkanes of at least 4 members (excludes halogenated alkanes) is 5. The third-order valence-corrected chi connectivity index (χ3v) is 19.4. The third kappa shape index (κ3) is 17.9. The molecule has 2 aliphatic heterocycles. The number of carbonyl (C=O) groups is 8. The Labute approximate surface area is 522 Å². The molecule has 2 saturated heterocycles. The smallest absolute Gasteiger partial charge is 0.246 e. The van der Waals surface area contributed by atoms with Crippen LogP contribution in [0.1, 0.15) is 189 Å². The summed E-state index contributed by atoms with van der Waals surface area (Å²) in [5.74, 6) is -2.99. The van der Waals surface area contributed by atoms with Gasteiger partial charge in [-0.25, -0.2) is 0 Å². The first-order chi connectivity index (χ1) is 42.8. The van der Waals surface area contributed by atoms with Crippen molar-refractivity contribution < 1.29 is 38.4 Å². The van der Waals surface area contributed by atoms with Crippen molar-refractivity contribution in [1.82, 2.24) is 41.7 Å². The van der Waals surface area contributed by atoms with Gasteiger partial charge in [-0.15, -0.1) is 0 Å². The van der Waals surface area contributed by atoms with Gasteiger partial charge in [0.2, 0.25) is 35.4 Å². The fraction of sp³-hybridized carbons (Fsp3) is 0.556. The van der Waals surface area contributed by atoms with Crippen LogP contribution < -0.4 is 31.9 Å². The number of Topliss-reactive ketones (excluding diaryl/α,β-unsaturated/α-hetero) is 2. The summed E-state index contributed by atoms with van der Waals surface area (Å²) in [5.41, 5.74) is 3.54. The fourth-order valence-corrected chi connectivity index (χ4v) is 14.1. The number of rotatable bonds is 31. The number of carbonyl (C=O) groups excluding carboxylic acids is 8. The van der Waals surface area contributed by atoms with E-state index >= 15 is 0 Å². The van der Waals surface area contributed by atoms with Crippen LogP contribution in [0.4, 0.5) is 0 Å². The van der Waals surface area contributed by atoms with E-state index in [0.29, 0.717) is 51.6 Å². The van der Waals surface area contributed by atoms with Crippen LogP contribution in [0.15, 0.2) is 121 Å². The minimum Gasteiger partial charge on any atom is -0.344 e. The average molecular weight is 1200 g/mol. The van der Waals surface area contributed by atoms with Gasteiger partial charge in [-0.3, -0.25) is 38.4 Å². The zero-order valence-corrected chi connectivity index (χ0v) is 52.6. The summed E-state index contributed by atoms with van der Waals surface area (Å²) < 4.78 is 0. The summed E-state index contributed by atoms with van der Waals surface area (Å²) in [6.45, 7) is 4.29. The second kappa shape index (κ2) is 34.1. The maximum absolute atomic E-state index is 14.9. The van der Waals surface area contributed by atoms with Gasteiger partial charge in [0.1, 0.15) is 24.2 Å². The molecule has 2 saturated carbocycles. The van der Waals surface area contributed by atoms with Crippen molar-refractivity contribution >= 4 is 47.0 Å². The molecule has 0 aromatic heterocycles. The van der Waals surface area contributed by atoms with Gasteiger partial charge in [0.15, 0.2) is 11.6 Å². The quantitative estimate of drug-likeness (QED) is 0.0263. The Morgan fingerprint density at radius 1 is 0.398 bits per heavy atom. The van der Waals surface area contributed by atoms with E-state index in [0.717, 1.165) is 112 Å². The van der Waals surface area contributed by atoms with Crippen molar-refractivity contribution in [2.24, 2.45) is 11.8 Å². The molecule has 0 radical (unpaired) electrons. The number of ketones is 2. The molecule has 16 heteroatoms. The molecule has 0 unspecified atom stereocenters. The van der Waals surface area contributed by atoms with E-state index in [1.165, 1.54) is 0 Å². The van der Waals surface area contributed by atoms with E-state index in [1.807, 2.05) is 121 Å². The van der Waals surface area contributed by atoms with Crippen molar-refractivity contribution in [3.8, 4) is 0 Å². The fourth-order valence-electron chi connectivity index (χ4n) is 14.1. The minimum atomic E-state index is -0.925.